The number of allylic oxidation sites excluding steroid dienone is 1. The highest BCUT2D eigenvalue weighted by atomic mass is 35.5. The van der Waals surface area contributed by atoms with E-state index in [9.17, 15) is 0 Å². The molecule has 0 spiro atoms. The third kappa shape index (κ3) is 1.71. The Hall–Kier alpha value is -1.02. The second-order valence-electron chi connectivity index (χ2n) is 2.13. The van der Waals surface area contributed by atoms with Gasteiger partial charge >= 0.3 is 0 Å². The Morgan fingerprint density at radius 3 is 3.00 bits per heavy atom. The highest BCUT2D eigenvalue weighted by Gasteiger charge is 1.98. The molecule has 3 heteroatoms. The van der Waals surface area contributed by atoms with Gasteiger partial charge in [0.1, 0.15) is 0 Å². The Balaban J connectivity index is 2.88. The lowest BCUT2D eigenvalue weighted by atomic mass is 10.2. The van der Waals surface area contributed by atoms with Crippen molar-refractivity contribution in [2.24, 2.45) is 0 Å². The standard InChI is InChI=1S/C8H9ClN2/c1-3-11-6-8(5-10-11)7(2)4-9/h3,5-6H,1-2,4H2. The van der Waals surface area contributed by atoms with Crippen LogP contribution in [-0.2, 0) is 0 Å². The van der Waals surface area contributed by atoms with E-state index >= 15 is 0 Å². The van der Waals surface area contributed by atoms with E-state index in [1.54, 1.807) is 17.1 Å². The topological polar surface area (TPSA) is 17.8 Å². The molecule has 2 nitrogen and oxygen atoms in total. The number of rotatable bonds is 3. The second kappa shape index (κ2) is 3.39. The molecule has 58 valence electrons. The lowest BCUT2D eigenvalue weighted by Gasteiger charge is -1.92. The Labute approximate surface area is 70.8 Å². The fourth-order valence-electron chi connectivity index (χ4n) is 0.698. The molecule has 0 aliphatic rings. The maximum atomic E-state index is 5.58. The SMILES string of the molecule is C=Cn1cc(C(=C)CCl)cn1. The molecule has 0 atom stereocenters. The van der Waals surface area contributed by atoms with Gasteiger partial charge < -0.3 is 0 Å². The summed E-state index contributed by atoms with van der Waals surface area (Å²) in [5, 5.41) is 3.98. The van der Waals surface area contributed by atoms with Crippen LogP contribution in [0.15, 0.2) is 25.6 Å². The molecule has 0 saturated carbocycles. The smallest absolute Gasteiger partial charge is 0.0569 e. The maximum absolute atomic E-state index is 5.58. The minimum atomic E-state index is 0.433. The summed E-state index contributed by atoms with van der Waals surface area (Å²) in [5.41, 5.74) is 1.83. The lowest BCUT2D eigenvalue weighted by molar-refractivity contribution is 0.937. The van der Waals surface area contributed by atoms with Crippen LogP contribution in [0.5, 0.6) is 0 Å². The van der Waals surface area contributed by atoms with E-state index in [-0.39, 0.29) is 0 Å². The van der Waals surface area contributed by atoms with Crippen molar-refractivity contribution in [1.82, 2.24) is 9.78 Å². The van der Waals surface area contributed by atoms with Crippen molar-refractivity contribution in [2.45, 2.75) is 0 Å². The van der Waals surface area contributed by atoms with Crippen LogP contribution in [0.2, 0.25) is 0 Å². The van der Waals surface area contributed by atoms with Crippen molar-refractivity contribution in [2.75, 3.05) is 5.88 Å². The molecule has 0 bridgehead atoms. The van der Waals surface area contributed by atoms with Gasteiger partial charge in [-0.15, -0.1) is 11.6 Å². The molecule has 0 fully saturated rings. The highest BCUT2D eigenvalue weighted by Crippen LogP contribution is 2.11. The van der Waals surface area contributed by atoms with E-state index in [0.717, 1.165) is 11.1 Å². The molecule has 1 aromatic heterocycles. The third-order valence-electron chi connectivity index (χ3n) is 1.36. The number of alkyl halides is 1. The first-order chi connectivity index (χ1) is 5.27. The van der Waals surface area contributed by atoms with Crippen molar-refractivity contribution >= 4 is 23.4 Å². The Morgan fingerprint density at radius 1 is 1.82 bits per heavy atom. The summed E-state index contributed by atoms with van der Waals surface area (Å²) in [6.07, 6.45) is 5.16. The number of hydrogen-bond donors (Lipinski definition) is 0. The van der Waals surface area contributed by atoms with Gasteiger partial charge in [-0.1, -0.05) is 13.2 Å². The molecule has 0 aliphatic heterocycles. The van der Waals surface area contributed by atoms with Gasteiger partial charge in [0.15, 0.2) is 0 Å². The van der Waals surface area contributed by atoms with Crippen LogP contribution in [-0.4, -0.2) is 15.7 Å². The first kappa shape index (κ1) is 8.08. The van der Waals surface area contributed by atoms with E-state index in [1.807, 2.05) is 6.20 Å². The third-order valence-corrected chi connectivity index (χ3v) is 1.68. The lowest BCUT2D eigenvalue weighted by Crippen LogP contribution is -1.82. The van der Waals surface area contributed by atoms with Gasteiger partial charge in [-0.05, 0) is 5.57 Å². The molecule has 0 aliphatic carbocycles. The molecule has 0 N–H and O–H groups in total. The summed E-state index contributed by atoms with van der Waals surface area (Å²) in [4.78, 5) is 0. The molecule has 1 rings (SSSR count). The van der Waals surface area contributed by atoms with Crippen LogP contribution in [0.25, 0.3) is 11.8 Å². The van der Waals surface area contributed by atoms with Crippen LogP contribution >= 0.6 is 11.6 Å². The quantitative estimate of drug-likeness (QED) is 0.633. The molecule has 0 unspecified atom stereocenters. The van der Waals surface area contributed by atoms with Crippen LogP contribution in [0, 0.1) is 0 Å². The van der Waals surface area contributed by atoms with E-state index < -0.39 is 0 Å². The van der Waals surface area contributed by atoms with E-state index in [0.29, 0.717) is 5.88 Å². The van der Waals surface area contributed by atoms with Crippen LogP contribution < -0.4 is 0 Å². The average Bonchev–Trinajstić information content (AvgIpc) is 2.50. The van der Waals surface area contributed by atoms with Crippen molar-refractivity contribution < 1.29 is 0 Å². The Morgan fingerprint density at radius 2 is 2.55 bits per heavy atom. The first-order valence-electron chi connectivity index (χ1n) is 3.18. The minimum absolute atomic E-state index is 0.433. The van der Waals surface area contributed by atoms with Crippen molar-refractivity contribution in [3.8, 4) is 0 Å². The van der Waals surface area contributed by atoms with E-state index in [2.05, 4.69) is 18.3 Å². The molecule has 0 radical (unpaired) electrons. The summed E-state index contributed by atoms with van der Waals surface area (Å²) >= 11 is 5.58. The Bertz CT molecular complexity index is 275. The fraction of sp³-hybridized carbons (Fsp3) is 0.125. The van der Waals surface area contributed by atoms with Crippen molar-refractivity contribution in [3.05, 3.63) is 31.1 Å². The van der Waals surface area contributed by atoms with Gasteiger partial charge in [-0.3, -0.25) is 0 Å². The maximum Gasteiger partial charge on any atom is 0.0569 e. The van der Waals surface area contributed by atoms with Gasteiger partial charge in [-0.2, -0.15) is 5.10 Å². The molecular weight excluding hydrogens is 160 g/mol. The van der Waals surface area contributed by atoms with Gasteiger partial charge in [0.25, 0.3) is 0 Å². The van der Waals surface area contributed by atoms with Crippen molar-refractivity contribution in [3.63, 3.8) is 0 Å². The molecule has 11 heavy (non-hydrogen) atoms. The molecule has 1 aromatic rings. The molecule has 0 amide bonds. The highest BCUT2D eigenvalue weighted by molar-refractivity contribution is 6.23. The van der Waals surface area contributed by atoms with Crippen LogP contribution in [0.3, 0.4) is 0 Å². The largest absolute Gasteiger partial charge is 0.248 e. The summed E-state index contributed by atoms with van der Waals surface area (Å²) < 4.78 is 1.62. The predicted molar refractivity (Wildman–Crippen MR) is 48.4 cm³/mol. The van der Waals surface area contributed by atoms with E-state index in [1.165, 1.54) is 0 Å². The molecule has 1 heterocycles. The first-order valence-corrected chi connectivity index (χ1v) is 3.72. The average molecular weight is 169 g/mol. The predicted octanol–water partition coefficient (Wildman–Crippen LogP) is 2.24. The normalized spacial score (nSPS) is 9.55. The van der Waals surface area contributed by atoms with Crippen LogP contribution in [0.4, 0.5) is 0 Å². The van der Waals surface area contributed by atoms with Gasteiger partial charge in [-0.25, -0.2) is 4.68 Å². The Kier molecular flexibility index (Phi) is 2.49. The molecule has 0 saturated heterocycles. The van der Waals surface area contributed by atoms with Gasteiger partial charge in [0.2, 0.25) is 0 Å². The fourth-order valence-corrected chi connectivity index (χ4v) is 0.852. The zero-order chi connectivity index (χ0) is 8.27. The zero-order valence-electron chi connectivity index (χ0n) is 6.13. The van der Waals surface area contributed by atoms with Gasteiger partial charge in [0, 0.05) is 23.8 Å². The summed E-state index contributed by atoms with van der Waals surface area (Å²) in [5.74, 6) is 0.433. The monoisotopic (exact) mass is 168 g/mol. The second-order valence-corrected chi connectivity index (χ2v) is 2.40. The number of hydrogen-bond acceptors (Lipinski definition) is 1. The van der Waals surface area contributed by atoms with Crippen molar-refractivity contribution in [1.29, 1.82) is 0 Å². The van der Waals surface area contributed by atoms with Crippen LogP contribution in [0.1, 0.15) is 5.56 Å². The van der Waals surface area contributed by atoms with Gasteiger partial charge in [0.05, 0.1) is 6.20 Å². The molecular formula is C8H9ClN2. The van der Waals surface area contributed by atoms with E-state index in [4.69, 9.17) is 11.6 Å². The minimum Gasteiger partial charge on any atom is -0.248 e. The zero-order valence-corrected chi connectivity index (χ0v) is 6.88. The number of nitrogens with zero attached hydrogens (tertiary/aromatic N) is 2. The summed E-state index contributed by atoms with van der Waals surface area (Å²) in [7, 11) is 0. The number of halogens is 1. The summed E-state index contributed by atoms with van der Waals surface area (Å²) in [6, 6.07) is 0. The molecule has 0 aromatic carbocycles. The summed E-state index contributed by atoms with van der Waals surface area (Å²) in [6.45, 7) is 7.34. The number of aromatic nitrogens is 2.